The van der Waals surface area contributed by atoms with Crippen molar-refractivity contribution in [3.63, 3.8) is 0 Å². The SMILES string of the molecule is C#CCOC1(C)c2cc(Cl)ccc2N(CCc2nn[nH]n2)c2ccc(N=[N+]=C)cc21. The van der Waals surface area contributed by atoms with Gasteiger partial charge in [-0.05, 0) is 43.3 Å². The zero-order valence-corrected chi connectivity index (χ0v) is 17.1. The Morgan fingerprint density at radius 1 is 1.30 bits per heavy atom. The van der Waals surface area contributed by atoms with Crippen molar-refractivity contribution in [2.75, 3.05) is 18.1 Å². The van der Waals surface area contributed by atoms with Crippen LogP contribution in [0.5, 0.6) is 0 Å². The minimum absolute atomic E-state index is 0.145. The van der Waals surface area contributed by atoms with E-state index in [0.717, 1.165) is 22.5 Å². The van der Waals surface area contributed by atoms with Crippen LogP contribution in [0.3, 0.4) is 0 Å². The lowest BCUT2D eigenvalue weighted by atomic mass is 9.81. The first-order valence-corrected chi connectivity index (χ1v) is 9.63. The maximum absolute atomic E-state index is 6.36. The highest BCUT2D eigenvalue weighted by molar-refractivity contribution is 6.30. The lowest BCUT2D eigenvalue weighted by Crippen LogP contribution is -2.38. The topological polar surface area (TPSA) is 93.4 Å². The highest BCUT2D eigenvalue weighted by Gasteiger charge is 2.41. The summed E-state index contributed by atoms with van der Waals surface area (Å²) < 4.78 is 6.21. The van der Waals surface area contributed by atoms with Crippen molar-refractivity contribution in [2.24, 2.45) is 5.11 Å². The van der Waals surface area contributed by atoms with Crippen molar-refractivity contribution in [3.05, 3.63) is 58.4 Å². The molecule has 0 fully saturated rings. The van der Waals surface area contributed by atoms with Crippen LogP contribution < -0.4 is 4.90 Å². The van der Waals surface area contributed by atoms with E-state index in [1.54, 1.807) is 0 Å². The summed E-state index contributed by atoms with van der Waals surface area (Å²) in [7, 11) is 0. The minimum atomic E-state index is -0.822. The number of ether oxygens (including phenoxy) is 1. The molecule has 1 N–H and O–H groups in total. The summed E-state index contributed by atoms with van der Waals surface area (Å²) in [5, 5.41) is 18.9. The van der Waals surface area contributed by atoms with E-state index in [4.69, 9.17) is 22.8 Å². The van der Waals surface area contributed by atoms with Crippen LogP contribution in [-0.4, -0.2) is 45.3 Å². The largest absolute Gasteiger partial charge is 0.353 e. The van der Waals surface area contributed by atoms with Crippen molar-refractivity contribution in [2.45, 2.75) is 18.9 Å². The number of anilines is 2. The number of nitrogens with zero attached hydrogens (tertiary/aromatic N) is 6. The Hall–Kier alpha value is -3.50. The van der Waals surface area contributed by atoms with Crippen LogP contribution in [-0.2, 0) is 16.8 Å². The van der Waals surface area contributed by atoms with Gasteiger partial charge in [0.15, 0.2) is 5.82 Å². The van der Waals surface area contributed by atoms with Gasteiger partial charge in [-0.25, -0.2) is 0 Å². The van der Waals surface area contributed by atoms with Crippen LogP contribution in [0.15, 0.2) is 41.5 Å². The molecular formula is C21H19ClN7O+. The van der Waals surface area contributed by atoms with Crippen molar-refractivity contribution in [1.82, 2.24) is 20.6 Å². The van der Waals surface area contributed by atoms with Crippen LogP contribution in [0.25, 0.3) is 0 Å². The molecule has 150 valence electrons. The third kappa shape index (κ3) is 3.46. The molecule has 1 aliphatic heterocycles. The monoisotopic (exact) mass is 420 g/mol. The van der Waals surface area contributed by atoms with Gasteiger partial charge in [0.05, 0.1) is 0 Å². The van der Waals surface area contributed by atoms with Crippen molar-refractivity contribution < 1.29 is 9.53 Å². The molecule has 1 unspecified atom stereocenters. The molecule has 0 radical (unpaired) electrons. The first-order chi connectivity index (χ1) is 14.6. The van der Waals surface area contributed by atoms with E-state index in [-0.39, 0.29) is 6.61 Å². The van der Waals surface area contributed by atoms with Crippen LogP contribution in [0, 0.1) is 12.3 Å². The number of terminal acetylenes is 1. The highest BCUT2D eigenvalue weighted by atomic mass is 35.5. The third-order valence-electron chi connectivity index (χ3n) is 5.13. The fraction of sp³-hybridized carbons (Fsp3) is 0.238. The number of rotatable bonds is 6. The number of halogens is 1. The van der Waals surface area contributed by atoms with Crippen LogP contribution in [0.2, 0.25) is 5.02 Å². The molecule has 1 aliphatic rings. The molecule has 30 heavy (non-hydrogen) atoms. The second-order valence-corrected chi connectivity index (χ2v) is 7.30. The average molecular weight is 421 g/mol. The predicted molar refractivity (Wildman–Crippen MR) is 113 cm³/mol. The number of tetrazole rings is 1. The maximum atomic E-state index is 6.36. The predicted octanol–water partition coefficient (Wildman–Crippen LogP) is 3.45. The third-order valence-corrected chi connectivity index (χ3v) is 5.36. The van der Waals surface area contributed by atoms with Crippen LogP contribution in [0.1, 0.15) is 23.9 Å². The smallest absolute Gasteiger partial charge is 0.296 e. The minimum Gasteiger partial charge on any atom is -0.353 e. The Bertz CT molecular complexity index is 1160. The number of hydrogen-bond acceptors (Lipinski definition) is 6. The lowest BCUT2D eigenvalue weighted by molar-refractivity contribution is -0.0631. The summed E-state index contributed by atoms with van der Waals surface area (Å²) in [5.74, 6) is 3.19. The first kappa shape index (κ1) is 19.8. The second-order valence-electron chi connectivity index (χ2n) is 6.86. The van der Waals surface area contributed by atoms with Gasteiger partial charge in [0.2, 0.25) is 0 Å². The van der Waals surface area contributed by atoms with E-state index in [1.165, 1.54) is 0 Å². The molecule has 1 aromatic heterocycles. The number of nitrogens with one attached hydrogen (secondary N) is 1. The Morgan fingerprint density at radius 2 is 2.07 bits per heavy atom. The summed E-state index contributed by atoms with van der Waals surface area (Å²) in [5.41, 5.74) is 3.61. The Labute approximate surface area is 178 Å². The van der Waals surface area contributed by atoms with Gasteiger partial charge < -0.3 is 9.64 Å². The average Bonchev–Trinajstić information content (AvgIpc) is 3.27. The van der Waals surface area contributed by atoms with Crippen molar-refractivity contribution in [1.29, 1.82) is 0 Å². The molecule has 0 spiro atoms. The summed E-state index contributed by atoms with van der Waals surface area (Å²) in [4.78, 5) is 5.84. The summed E-state index contributed by atoms with van der Waals surface area (Å²) >= 11 is 6.36. The molecule has 0 aliphatic carbocycles. The fourth-order valence-electron chi connectivity index (χ4n) is 3.77. The standard InChI is InChI=1S/C21H19ClN7O/c1-4-11-30-21(2)16-12-14(22)5-7-18(16)29(10-9-20-25-27-28-26-20)19-8-6-15(24-23-3)13-17(19)21/h1,5-8,12-13H,3,9-11H2,2H3,(H,25,26,27,28)/q+1. The van der Waals surface area contributed by atoms with Crippen LogP contribution >= 0.6 is 11.6 Å². The van der Waals surface area contributed by atoms with Gasteiger partial charge in [-0.2, -0.15) is 5.21 Å². The first-order valence-electron chi connectivity index (χ1n) is 9.25. The normalized spacial score (nSPS) is 16.9. The van der Waals surface area contributed by atoms with Gasteiger partial charge in [-0.1, -0.05) is 22.7 Å². The van der Waals surface area contributed by atoms with E-state index < -0.39 is 5.60 Å². The molecule has 8 nitrogen and oxygen atoms in total. The molecule has 2 heterocycles. The van der Waals surface area contributed by atoms with Gasteiger partial charge >= 0.3 is 0 Å². The van der Waals surface area contributed by atoms with Crippen LogP contribution in [0.4, 0.5) is 17.1 Å². The Morgan fingerprint density at radius 3 is 2.77 bits per heavy atom. The van der Waals surface area contributed by atoms with Crippen molar-refractivity contribution >= 4 is 35.4 Å². The molecule has 0 saturated heterocycles. The molecule has 0 saturated carbocycles. The van der Waals surface area contributed by atoms with Crippen molar-refractivity contribution in [3.8, 4) is 12.3 Å². The van der Waals surface area contributed by atoms with E-state index in [1.807, 2.05) is 43.3 Å². The van der Waals surface area contributed by atoms with Gasteiger partial charge in [0, 0.05) is 45.3 Å². The molecule has 1 atom stereocenters. The summed E-state index contributed by atoms with van der Waals surface area (Å²) in [6.45, 7) is 6.21. The molecule has 0 bridgehead atoms. The maximum Gasteiger partial charge on any atom is 0.296 e. The molecular weight excluding hydrogens is 402 g/mol. The Balaban J connectivity index is 1.89. The number of hydrogen-bond donors (Lipinski definition) is 1. The zero-order chi connectivity index (χ0) is 21.1. The van der Waals surface area contributed by atoms with Gasteiger partial charge in [-0.3, -0.25) is 0 Å². The number of aromatic amines is 1. The highest BCUT2D eigenvalue weighted by Crippen LogP contribution is 2.51. The molecule has 9 heteroatoms. The summed E-state index contributed by atoms with van der Waals surface area (Å²) in [6.07, 6.45) is 6.10. The molecule has 2 aromatic carbocycles. The fourth-order valence-corrected chi connectivity index (χ4v) is 3.94. The zero-order valence-electron chi connectivity index (χ0n) is 16.3. The number of H-pyrrole nitrogens is 1. The molecule has 4 rings (SSSR count). The van der Waals surface area contributed by atoms with Gasteiger partial charge in [-0.15, -0.1) is 16.6 Å². The van der Waals surface area contributed by atoms with E-state index in [2.05, 4.69) is 48.1 Å². The summed E-state index contributed by atoms with van der Waals surface area (Å²) in [6, 6.07) is 11.6. The number of fused-ring (bicyclic) bond motifs is 2. The molecule has 0 amide bonds. The lowest BCUT2D eigenvalue weighted by Gasteiger charge is -2.43. The number of benzene rings is 2. The van der Waals surface area contributed by atoms with E-state index in [0.29, 0.717) is 29.5 Å². The second kappa shape index (κ2) is 8.09. The van der Waals surface area contributed by atoms with Gasteiger partial charge in [0.1, 0.15) is 23.0 Å². The Kier molecular flexibility index (Phi) is 5.34. The quantitative estimate of drug-likeness (QED) is 0.285. The molecule has 3 aromatic rings. The number of aromatic nitrogens is 4. The van der Waals surface area contributed by atoms with E-state index >= 15 is 0 Å². The van der Waals surface area contributed by atoms with Gasteiger partial charge in [0.25, 0.3) is 6.72 Å². The van der Waals surface area contributed by atoms with E-state index in [9.17, 15) is 0 Å².